The number of nitrogens with zero attached hydrogens (tertiary/aromatic N) is 2. The minimum atomic E-state index is -0.371. The van der Waals surface area contributed by atoms with E-state index in [2.05, 4.69) is 124 Å². The third-order valence-electron chi connectivity index (χ3n) is 9.41. The summed E-state index contributed by atoms with van der Waals surface area (Å²) in [5.41, 5.74) is 6.79. The number of hydrogen-bond acceptors (Lipinski definition) is 4. The van der Waals surface area contributed by atoms with Crippen LogP contribution in [0.25, 0.3) is 66.0 Å². The average Bonchev–Trinajstić information content (AvgIpc) is 3.26. The molecule has 3 heterocycles. The van der Waals surface area contributed by atoms with Crippen LogP contribution in [0.1, 0.15) is 27.7 Å². The molecule has 0 spiro atoms. The van der Waals surface area contributed by atoms with Gasteiger partial charge in [-0.25, -0.2) is 4.98 Å². The van der Waals surface area contributed by atoms with Crippen molar-refractivity contribution in [3.05, 3.63) is 116 Å². The minimum absolute atomic E-state index is 0.364. The van der Waals surface area contributed by atoms with Gasteiger partial charge >= 0.3 is 7.12 Å². The van der Waals surface area contributed by atoms with Crippen molar-refractivity contribution < 1.29 is 9.31 Å². The summed E-state index contributed by atoms with van der Waals surface area (Å²) in [5.74, 6) is 0. The van der Waals surface area contributed by atoms with Crippen molar-refractivity contribution in [1.82, 2.24) is 9.97 Å². The van der Waals surface area contributed by atoms with E-state index in [9.17, 15) is 0 Å². The van der Waals surface area contributed by atoms with E-state index in [1.165, 1.54) is 43.4 Å². The van der Waals surface area contributed by atoms with E-state index in [1.54, 1.807) is 0 Å². The zero-order chi connectivity index (χ0) is 29.3. The fourth-order valence-corrected chi connectivity index (χ4v) is 6.34. The highest BCUT2D eigenvalue weighted by Gasteiger charge is 2.51. The van der Waals surface area contributed by atoms with E-state index in [-0.39, 0.29) is 18.3 Å². The molecule has 0 unspecified atom stereocenters. The van der Waals surface area contributed by atoms with E-state index >= 15 is 0 Å². The summed E-state index contributed by atoms with van der Waals surface area (Å²) in [6, 6.07) is 36.8. The highest BCUT2D eigenvalue weighted by Crippen LogP contribution is 2.42. The van der Waals surface area contributed by atoms with Crippen LogP contribution in [0.4, 0.5) is 0 Å². The zero-order valence-corrected chi connectivity index (χ0v) is 24.8. The van der Waals surface area contributed by atoms with Crippen LogP contribution in [0.15, 0.2) is 116 Å². The summed E-state index contributed by atoms with van der Waals surface area (Å²) in [4.78, 5) is 9.23. The van der Waals surface area contributed by atoms with E-state index in [4.69, 9.17) is 14.3 Å². The number of aromatic nitrogens is 2. The van der Waals surface area contributed by atoms with Crippen LogP contribution >= 0.6 is 0 Å². The lowest BCUT2D eigenvalue weighted by atomic mass is 9.78. The molecule has 1 aliphatic heterocycles. The van der Waals surface area contributed by atoms with E-state index in [0.717, 1.165) is 28.0 Å². The Hall–Kier alpha value is -4.58. The molecule has 0 amide bonds. The van der Waals surface area contributed by atoms with Gasteiger partial charge in [0, 0.05) is 23.5 Å². The van der Waals surface area contributed by atoms with Gasteiger partial charge in [-0.15, -0.1) is 0 Å². The van der Waals surface area contributed by atoms with Crippen LogP contribution in [0.5, 0.6) is 0 Å². The average molecular weight is 558 g/mol. The molecule has 5 aromatic carbocycles. The van der Waals surface area contributed by atoms with E-state index in [1.807, 2.05) is 24.5 Å². The highest BCUT2D eigenvalue weighted by atomic mass is 16.7. The highest BCUT2D eigenvalue weighted by molar-refractivity contribution is 6.62. The quantitative estimate of drug-likeness (QED) is 0.160. The first-order chi connectivity index (χ1) is 20.8. The third-order valence-corrected chi connectivity index (χ3v) is 9.41. The van der Waals surface area contributed by atoms with Crippen molar-refractivity contribution in [3.8, 4) is 33.6 Å². The Morgan fingerprint density at radius 3 is 1.74 bits per heavy atom. The monoisotopic (exact) mass is 558 g/mol. The lowest BCUT2D eigenvalue weighted by molar-refractivity contribution is 0.00578. The van der Waals surface area contributed by atoms with Gasteiger partial charge in [0.1, 0.15) is 0 Å². The maximum Gasteiger partial charge on any atom is 0.494 e. The minimum Gasteiger partial charge on any atom is -0.399 e. The molecule has 0 atom stereocenters. The molecule has 0 N–H and O–H groups in total. The van der Waals surface area contributed by atoms with Gasteiger partial charge in [-0.05, 0) is 101 Å². The van der Waals surface area contributed by atoms with Crippen LogP contribution in [-0.4, -0.2) is 28.3 Å². The van der Waals surface area contributed by atoms with Crippen molar-refractivity contribution in [3.63, 3.8) is 0 Å². The molecule has 4 nitrogen and oxygen atoms in total. The van der Waals surface area contributed by atoms with E-state index < -0.39 is 0 Å². The van der Waals surface area contributed by atoms with Gasteiger partial charge in [0.05, 0.1) is 22.6 Å². The van der Waals surface area contributed by atoms with Crippen LogP contribution < -0.4 is 5.46 Å². The Morgan fingerprint density at radius 1 is 0.535 bits per heavy atom. The van der Waals surface area contributed by atoms with Crippen LogP contribution in [0.3, 0.4) is 0 Å². The maximum absolute atomic E-state index is 6.29. The number of pyridine rings is 2. The molecular formula is C38H31BN2O2. The molecule has 8 rings (SSSR count). The first-order valence-corrected chi connectivity index (χ1v) is 14.8. The SMILES string of the molecule is CC1(C)OB(c2ccc(-c3ccc4ccc5c(-c6cccc(-c7ccncc7)n6)ccc6ccc3c4c65)cc2)OC1(C)C. The smallest absolute Gasteiger partial charge is 0.399 e. The zero-order valence-electron chi connectivity index (χ0n) is 24.8. The molecule has 0 bridgehead atoms. The molecule has 1 aliphatic rings. The summed E-state index contributed by atoms with van der Waals surface area (Å²) in [5, 5.41) is 7.49. The largest absolute Gasteiger partial charge is 0.494 e. The molecule has 43 heavy (non-hydrogen) atoms. The van der Waals surface area contributed by atoms with Crippen molar-refractivity contribution in [2.75, 3.05) is 0 Å². The number of rotatable bonds is 4. The second kappa shape index (κ2) is 9.47. The predicted molar refractivity (Wildman–Crippen MR) is 178 cm³/mol. The first kappa shape index (κ1) is 26.1. The molecule has 2 aromatic heterocycles. The Balaban J connectivity index is 1.24. The van der Waals surface area contributed by atoms with Crippen molar-refractivity contribution in [2.45, 2.75) is 38.9 Å². The van der Waals surface area contributed by atoms with Crippen molar-refractivity contribution >= 4 is 44.9 Å². The van der Waals surface area contributed by atoms with Crippen LogP contribution in [-0.2, 0) is 9.31 Å². The summed E-state index contributed by atoms with van der Waals surface area (Å²) in [7, 11) is -0.371. The molecule has 5 heteroatoms. The Bertz CT molecular complexity index is 2120. The van der Waals surface area contributed by atoms with Gasteiger partial charge in [-0.1, -0.05) is 78.9 Å². The fraction of sp³-hybridized carbons (Fsp3) is 0.158. The topological polar surface area (TPSA) is 44.2 Å². The van der Waals surface area contributed by atoms with Crippen molar-refractivity contribution in [1.29, 1.82) is 0 Å². The molecular weight excluding hydrogens is 527 g/mol. The molecule has 0 saturated carbocycles. The Labute approximate surface area is 251 Å². The van der Waals surface area contributed by atoms with Crippen LogP contribution in [0, 0.1) is 0 Å². The second-order valence-electron chi connectivity index (χ2n) is 12.5. The summed E-state index contributed by atoms with van der Waals surface area (Å²) >= 11 is 0. The van der Waals surface area contributed by atoms with Gasteiger partial charge in [-0.3, -0.25) is 4.98 Å². The Morgan fingerprint density at radius 2 is 1.09 bits per heavy atom. The molecule has 0 radical (unpaired) electrons. The number of benzene rings is 5. The maximum atomic E-state index is 6.29. The van der Waals surface area contributed by atoms with Crippen LogP contribution in [0.2, 0.25) is 0 Å². The van der Waals surface area contributed by atoms with Gasteiger partial charge in [0.25, 0.3) is 0 Å². The second-order valence-corrected chi connectivity index (χ2v) is 12.5. The first-order valence-electron chi connectivity index (χ1n) is 14.8. The fourth-order valence-electron chi connectivity index (χ4n) is 6.34. The van der Waals surface area contributed by atoms with Gasteiger partial charge in [-0.2, -0.15) is 0 Å². The molecule has 7 aromatic rings. The lowest BCUT2D eigenvalue weighted by Gasteiger charge is -2.32. The van der Waals surface area contributed by atoms with E-state index in [0.29, 0.717) is 0 Å². The standard InChI is InChI=1S/C38H31BN2O2/c1-37(2)38(3,4)43-39(42-37)28-14-8-24(9-15-28)29-16-10-26-13-19-32-30(17-11-27-12-18-31(29)35(26)36(27)32)34-7-5-6-33(41-34)25-20-22-40-23-21-25/h5-23H,1-4H3. The molecule has 208 valence electrons. The number of hydrogen-bond donors (Lipinski definition) is 0. The summed E-state index contributed by atoms with van der Waals surface area (Å²) in [6.07, 6.45) is 3.62. The Kier molecular flexibility index (Phi) is 5.74. The summed E-state index contributed by atoms with van der Waals surface area (Å²) < 4.78 is 12.6. The lowest BCUT2D eigenvalue weighted by Crippen LogP contribution is -2.41. The van der Waals surface area contributed by atoms with Crippen molar-refractivity contribution in [2.24, 2.45) is 0 Å². The van der Waals surface area contributed by atoms with Gasteiger partial charge in [0.2, 0.25) is 0 Å². The summed E-state index contributed by atoms with van der Waals surface area (Å²) in [6.45, 7) is 8.35. The van der Waals surface area contributed by atoms with Gasteiger partial charge < -0.3 is 9.31 Å². The van der Waals surface area contributed by atoms with Gasteiger partial charge in [0.15, 0.2) is 0 Å². The normalized spacial score (nSPS) is 16.0. The predicted octanol–water partition coefficient (Wildman–Crippen LogP) is 8.67. The third kappa shape index (κ3) is 4.15. The molecule has 1 saturated heterocycles. The molecule has 0 aliphatic carbocycles. The molecule has 1 fully saturated rings.